The first-order valence-electron chi connectivity index (χ1n) is 8.95. The van der Waals surface area contributed by atoms with Crippen molar-refractivity contribution in [3.63, 3.8) is 0 Å². The Balaban J connectivity index is 1.36. The normalized spacial score (nSPS) is 35.0. The Bertz CT molecular complexity index is 771. The lowest BCUT2D eigenvalue weighted by atomic mass is 9.53. The highest BCUT2D eigenvalue weighted by Crippen LogP contribution is 2.55. The molecule has 0 unspecified atom stereocenters. The van der Waals surface area contributed by atoms with E-state index < -0.39 is 0 Å². The van der Waals surface area contributed by atoms with Gasteiger partial charge in [0.05, 0.1) is 0 Å². The maximum atomic E-state index is 11.3. The zero-order chi connectivity index (χ0) is 15.4. The molecular formula is C20H23NO2. The summed E-state index contributed by atoms with van der Waals surface area (Å²) >= 11 is 0. The third kappa shape index (κ3) is 2.42. The summed E-state index contributed by atoms with van der Waals surface area (Å²) in [5, 5.41) is 4.94. The van der Waals surface area contributed by atoms with E-state index in [1.54, 1.807) is 0 Å². The van der Waals surface area contributed by atoms with E-state index in [0.717, 1.165) is 29.7 Å². The van der Waals surface area contributed by atoms with Crippen molar-refractivity contribution < 1.29 is 4.42 Å². The molecule has 6 rings (SSSR count). The molecule has 0 atom stereocenters. The van der Waals surface area contributed by atoms with Crippen LogP contribution < -0.4 is 10.9 Å². The summed E-state index contributed by atoms with van der Waals surface area (Å²) in [6, 6.07) is 9.51. The van der Waals surface area contributed by atoms with Crippen LogP contribution in [0.15, 0.2) is 39.5 Å². The van der Waals surface area contributed by atoms with Crippen LogP contribution in [0.1, 0.15) is 44.1 Å². The van der Waals surface area contributed by atoms with Crippen molar-refractivity contribution in [1.82, 2.24) is 5.32 Å². The second-order valence-corrected chi connectivity index (χ2v) is 8.18. The van der Waals surface area contributed by atoms with Crippen LogP contribution in [0.2, 0.25) is 0 Å². The summed E-state index contributed by atoms with van der Waals surface area (Å²) in [6.45, 7) is 0.918. The Kier molecular flexibility index (Phi) is 2.96. The van der Waals surface area contributed by atoms with Crippen molar-refractivity contribution in [2.24, 2.45) is 17.8 Å². The zero-order valence-electron chi connectivity index (χ0n) is 13.4. The van der Waals surface area contributed by atoms with Crippen molar-refractivity contribution in [3.05, 3.63) is 46.3 Å². The summed E-state index contributed by atoms with van der Waals surface area (Å²) < 4.78 is 5.22. The van der Waals surface area contributed by atoms with Gasteiger partial charge in [0.15, 0.2) is 0 Å². The fourth-order valence-corrected chi connectivity index (χ4v) is 5.85. The van der Waals surface area contributed by atoms with Crippen LogP contribution in [0.25, 0.3) is 11.0 Å². The smallest absolute Gasteiger partial charge is 0.336 e. The van der Waals surface area contributed by atoms with Gasteiger partial charge >= 0.3 is 5.63 Å². The van der Waals surface area contributed by atoms with Gasteiger partial charge in [-0.3, -0.25) is 0 Å². The molecule has 3 nitrogen and oxygen atoms in total. The van der Waals surface area contributed by atoms with E-state index in [9.17, 15) is 4.79 Å². The van der Waals surface area contributed by atoms with Crippen LogP contribution in [0, 0.1) is 17.8 Å². The van der Waals surface area contributed by atoms with Gasteiger partial charge in [0.1, 0.15) is 5.58 Å². The van der Waals surface area contributed by atoms with Crippen molar-refractivity contribution in [3.8, 4) is 0 Å². The first kappa shape index (κ1) is 13.8. The topological polar surface area (TPSA) is 42.2 Å². The largest absolute Gasteiger partial charge is 0.423 e. The van der Waals surface area contributed by atoms with Gasteiger partial charge < -0.3 is 9.73 Å². The molecule has 4 bridgehead atoms. The van der Waals surface area contributed by atoms with Gasteiger partial charge in [-0.2, -0.15) is 0 Å². The molecule has 0 saturated heterocycles. The average Bonchev–Trinajstić information content (AvgIpc) is 2.52. The monoisotopic (exact) mass is 309 g/mol. The first-order chi connectivity index (χ1) is 11.2. The Morgan fingerprint density at radius 3 is 2.39 bits per heavy atom. The van der Waals surface area contributed by atoms with Crippen LogP contribution >= 0.6 is 0 Å². The second kappa shape index (κ2) is 4.94. The van der Waals surface area contributed by atoms with E-state index in [2.05, 4.69) is 17.4 Å². The molecule has 4 aliphatic carbocycles. The Labute approximate surface area is 136 Å². The van der Waals surface area contributed by atoms with E-state index in [0.29, 0.717) is 11.1 Å². The second-order valence-electron chi connectivity index (χ2n) is 8.18. The van der Waals surface area contributed by atoms with Crippen molar-refractivity contribution >= 4 is 11.0 Å². The molecule has 1 aromatic heterocycles. The summed E-state index contributed by atoms with van der Waals surface area (Å²) in [4.78, 5) is 11.3. The molecule has 23 heavy (non-hydrogen) atoms. The third-order valence-electron chi connectivity index (χ3n) is 6.39. The highest BCUT2D eigenvalue weighted by Gasteiger charge is 2.50. The highest BCUT2D eigenvalue weighted by atomic mass is 16.4. The van der Waals surface area contributed by atoms with Gasteiger partial charge in [-0.1, -0.05) is 6.07 Å². The van der Waals surface area contributed by atoms with Crippen LogP contribution in [0.4, 0.5) is 0 Å². The fourth-order valence-electron chi connectivity index (χ4n) is 5.85. The fraction of sp³-hybridized carbons (Fsp3) is 0.550. The molecule has 0 aliphatic heterocycles. The quantitative estimate of drug-likeness (QED) is 0.876. The molecular weight excluding hydrogens is 286 g/mol. The number of rotatable bonds is 3. The molecule has 3 heteroatoms. The van der Waals surface area contributed by atoms with Gasteiger partial charge in [-0.05, 0) is 80.0 Å². The average molecular weight is 309 g/mol. The Morgan fingerprint density at radius 1 is 1.00 bits per heavy atom. The Hall–Kier alpha value is -1.61. The first-order valence-corrected chi connectivity index (χ1v) is 8.95. The summed E-state index contributed by atoms with van der Waals surface area (Å²) in [6.07, 6.45) is 8.58. The molecule has 120 valence electrons. The van der Waals surface area contributed by atoms with E-state index in [4.69, 9.17) is 4.42 Å². The van der Waals surface area contributed by atoms with E-state index >= 15 is 0 Å². The number of hydrogen-bond acceptors (Lipinski definition) is 3. The van der Waals surface area contributed by atoms with Crippen LogP contribution in [-0.4, -0.2) is 5.54 Å². The van der Waals surface area contributed by atoms with E-state index in [1.165, 1.54) is 50.2 Å². The molecule has 1 heterocycles. The van der Waals surface area contributed by atoms with Gasteiger partial charge in [0, 0.05) is 23.5 Å². The van der Waals surface area contributed by atoms with E-state index in [1.807, 2.05) is 12.1 Å². The minimum atomic E-state index is -0.281. The minimum absolute atomic E-state index is 0.281. The predicted molar refractivity (Wildman–Crippen MR) is 90.2 cm³/mol. The third-order valence-corrected chi connectivity index (χ3v) is 6.39. The SMILES string of the molecule is O=c1ccc2cc(CNC34CC5CC(CC(C5)C3)C4)ccc2o1. The zero-order valence-corrected chi connectivity index (χ0v) is 13.4. The van der Waals surface area contributed by atoms with Gasteiger partial charge in [-0.15, -0.1) is 0 Å². The molecule has 1 N–H and O–H groups in total. The number of fused-ring (bicyclic) bond motifs is 1. The summed E-state index contributed by atoms with van der Waals surface area (Å²) in [7, 11) is 0. The molecule has 2 aromatic rings. The predicted octanol–water partition coefficient (Wildman–Crippen LogP) is 3.85. The van der Waals surface area contributed by atoms with Crippen LogP contribution in [0.5, 0.6) is 0 Å². The number of hydrogen-bond donors (Lipinski definition) is 1. The van der Waals surface area contributed by atoms with E-state index in [-0.39, 0.29) is 5.63 Å². The lowest BCUT2D eigenvalue weighted by molar-refractivity contribution is -0.0205. The number of nitrogens with one attached hydrogen (secondary N) is 1. The molecule has 4 aliphatic rings. The van der Waals surface area contributed by atoms with Crippen molar-refractivity contribution in [2.75, 3.05) is 0 Å². The lowest BCUT2D eigenvalue weighted by Crippen LogP contribution is -2.58. The Morgan fingerprint density at radius 2 is 1.70 bits per heavy atom. The molecule has 0 spiro atoms. The maximum absolute atomic E-state index is 11.3. The number of benzene rings is 1. The summed E-state index contributed by atoms with van der Waals surface area (Å²) in [5.74, 6) is 2.92. The molecule has 4 fully saturated rings. The van der Waals surface area contributed by atoms with Gasteiger partial charge in [0.25, 0.3) is 0 Å². The van der Waals surface area contributed by atoms with Gasteiger partial charge in [0.2, 0.25) is 0 Å². The van der Waals surface area contributed by atoms with Gasteiger partial charge in [-0.25, -0.2) is 4.79 Å². The van der Waals surface area contributed by atoms with Crippen molar-refractivity contribution in [1.29, 1.82) is 0 Å². The van der Waals surface area contributed by atoms with Crippen molar-refractivity contribution in [2.45, 2.75) is 50.6 Å². The lowest BCUT2D eigenvalue weighted by Gasteiger charge is -2.57. The molecule has 1 aromatic carbocycles. The molecule has 0 radical (unpaired) electrons. The summed E-state index contributed by atoms with van der Waals surface area (Å²) in [5.41, 5.74) is 2.07. The van der Waals surface area contributed by atoms with Crippen LogP contribution in [-0.2, 0) is 6.54 Å². The maximum Gasteiger partial charge on any atom is 0.336 e. The standard InChI is InChI=1S/C20H23NO2/c22-19-4-2-17-8-13(1-3-18(17)23-19)12-21-20-9-14-5-15(10-20)7-16(6-14)11-20/h1-4,8,14-16,21H,5-7,9-12H2. The van der Waals surface area contributed by atoms with Crippen LogP contribution in [0.3, 0.4) is 0 Å². The highest BCUT2D eigenvalue weighted by molar-refractivity contribution is 5.76. The minimum Gasteiger partial charge on any atom is -0.423 e. The molecule has 0 amide bonds. The molecule has 4 saturated carbocycles.